The summed E-state index contributed by atoms with van der Waals surface area (Å²) in [6.45, 7) is 24.1. The first kappa shape index (κ1) is 67.6. The monoisotopic (exact) mass is 1350 g/mol. The molecule has 14 rings (SSSR count). The third kappa shape index (κ3) is 15.3. The smallest absolute Gasteiger partial charge is 0.160 e. The minimum Gasteiger partial charge on any atom is -0.311 e. The zero-order valence-electron chi connectivity index (χ0n) is 59.1. The van der Waals surface area contributed by atoms with E-state index >= 15 is 0 Å². The molecule has 0 fully saturated rings. The van der Waals surface area contributed by atoms with Crippen LogP contribution < -0.4 is 9.80 Å². The Labute approximate surface area is 597 Å². The van der Waals surface area contributed by atoms with Gasteiger partial charge in [-0.3, -0.25) is 8.37 Å². The molecule has 0 saturated carbocycles. The van der Waals surface area contributed by atoms with Crippen molar-refractivity contribution in [3.8, 4) is 77.9 Å². The van der Waals surface area contributed by atoms with Gasteiger partial charge in [0.1, 0.15) is 0 Å². The van der Waals surface area contributed by atoms with Gasteiger partial charge in [0.2, 0.25) is 0 Å². The second-order valence-electron chi connectivity index (χ2n) is 30.9. The van der Waals surface area contributed by atoms with Crippen molar-refractivity contribution < 1.29 is 16.8 Å². The second kappa shape index (κ2) is 27.9. The molecular formula is C92H88N2O4S2. The first-order valence-electron chi connectivity index (χ1n) is 34.9. The van der Waals surface area contributed by atoms with E-state index in [4.69, 9.17) is 8.37 Å². The average molecular weight is 1350 g/mol. The van der Waals surface area contributed by atoms with E-state index in [0.717, 1.165) is 125 Å². The maximum absolute atomic E-state index is 12.0. The van der Waals surface area contributed by atoms with Gasteiger partial charge in [-0.1, -0.05) is 263 Å². The number of benzene rings is 12. The molecule has 2 aliphatic heterocycles. The number of hydrogen-bond acceptors (Lipinski definition) is 6. The molecule has 2 atom stereocenters. The van der Waals surface area contributed by atoms with Gasteiger partial charge in [-0.15, -0.1) is 0 Å². The number of hydrogen-bond donors (Lipinski definition) is 0. The summed E-state index contributed by atoms with van der Waals surface area (Å²) >= 11 is -2.52. The lowest BCUT2D eigenvalue weighted by Gasteiger charge is -2.33. The Morgan fingerprint density at radius 2 is 0.450 bits per heavy atom. The molecule has 0 radical (unpaired) electrons. The standard InChI is InChI=1S/C92H88N2O4S2/c1-89(2,3)61-91(7,8)81-39-23-65(24-40-81)69-31-47-85(48-32-69)93(83-43-27-67(28-44-83)63-11-15-73(16-12-63)75-19-21-77-59-99(95)97-57-79(77)55-75)87-51-35-71(36-52-87)72-37-53-88(54-38-72)94(86-49-33-70(34-50-86)66-25-41-82(42-26-66)92(9,10)62-90(4,5)6)84-45-29-68(30-46-84)64-13-17-74(18-14-64)76-20-22-78-60-100(96)98-58-80(78)56-76/h11-56H,57-62H2,1-10H3. The van der Waals surface area contributed by atoms with E-state index in [1.54, 1.807) is 0 Å². The van der Waals surface area contributed by atoms with Crippen molar-refractivity contribution >= 4 is 56.3 Å². The predicted octanol–water partition coefficient (Wildman–Crippen LogP) is 25.1. The minimum absolute atomic E-state index is 0.0648. The van der Waals surface area contributed by atoms with Crippen molar-refractivity contribution in [1.29, 1.82) is 0 Å². The summed E-state index contributed by atoms with van der Waals surface area (Å²) in [6, 6.07) is 102. The van der Waals surface area contributed by atoms with Crippen LogP contribution in [0.3, 0.4) is 0 Å². The number of fused-ring (bicyclic) bond motifs is 2. The van der Waals surface area contributed by atoms with Gasteiger partial charge in [-0.05, 0) is 231 Å². The third-order valence-corrected chi connectivity index (χ3v) is 21.6. The molecule has 2 heterocycles. The summed E-state index contributed by atoms with van der Waals surface area (Å²) in [4.78, 5) is 4.70. The van der Waals surface area contributed by atoms with Crippen molar-refractivity contribution in [2.75, 3.05) is 9.80 Å². The Bertz CT molecular complexity index is 4600. The molecule has 0 aromatic heterocycles. The molecule has 0 saturated heterocycles. The van der Waals surface area contributed by atoms with Gasteiger partial charge in [0, 0.05) is 34.1 Å². The SMILES string of the molecule is CC(C)(C)CC(C)(C)c1ccc(-c2ccc(N(c3ccc(-c4ccc(-c5ccc6c(c5)COS(=O)C6)cc4)cc3)c3ccc(-c4ccc(N(c5ccc(-c6ccc(-c7ccc8c(c7)COS(=O)C8)cc6)cc5)c5ccc(-c6ccc(C(C)(C)CC(C)(C)C)cc6)cc5)cc4)cc3)cc2)cc1. The largest absolute Gasteiger partial charge is 0.311 e. The van der Waals surface area contributed by atoms with E-state index in [9.17, 15) is 8.42 Å². The molecule has 0 amide bonds. The summed E-state index contributed by atoms with van der Waals surface area (Å²) in [7, 11) is 0. The highest BCUT2D eigenvalue weighted by Crippen LogP contribution is 2.44. The van der Waals surface area contributed by atoms with Crippen molar-refractivity contribution in [2.24, 2.45) is 10.8 Å². The van der Waals surface area contributed by atoms with Crippen molar-refractivity contribution in [1.82, 2.24) is 0 Å². The summed E-state index contributed by atoms with van der Waals surface area (Å²) < 4.78 is 35.0. The first-order valence-corrected chi connectivity index (χ1v) is 37.4. The molecule has 2 aliphatic rings. The Balaban J connectivity index is 0.749. The number of anilines is 6. The van der Waals surface area contributed by atoms with Crippen LogP contribution in [0.1, 0.15) is 115 Å². The molecule has 100 heavy (non-hydrogen) atoms. The molecule has 8 heteroatoms. The Morgan fingerprint density at radius 3 is 0.670 bits per heavy atom. The molecule has 12 aromatic rings. The van der Waals surface area contributed by atoms with Crippen LogP contribution in [0.2, 0.25) is 0 Å². The number of rotatable bonds is 17. The molecule has 0 bridgehead atoms. The van der Waals surface area contributed by atoms with Crippen LogP contribution in [-0.2, 0) is 66.1 Å². The topological polar surface area (TPSA) is 59.1 Å². The third-order valence-electron chi connectivity index (χ3n) is 19.8. The van der Waals surface area contributed by atoms with E-state index in [0.29, 0.717) is 24.7 Å². The molecule has 6 nitrogen and oxygen atoms in total. The maximum atomic E-state index is 12.0. The quantitative estimate of drug-likeness (QED) is 0.0905. The van der Waals surface area contributed by atoms with E-state index in [-0.39, 0.29) is 21.7 Å². The van der Waals surface area contributed by atoms with Crippen LogP contribution >= 0.6 is 0 Å². The van der Waals surface area contributed by atoms with Crippen LogP contribution in [0.5, 0.6) is 0 Å². The number of nitrogens with zero attached hydrogens (tertiary/aromatic N) is 2. The molecule has 0 spiro atoms. The molecular weight excluding hydrogens is 1260 g/mol. The fourth-order valence-electron chi connectivity index (χ4n) is 15.3. The Hall–Kier alpha value is -9.54. The highest BCUT2D eigenvalue weighted by molar-refractivity contribution is 7.79. The van der Waals surface area contributed by atoms with Crippen molar-refractivity contribution in [3.63, 3.8) is 0 Å². The summed E-state index contributed by atoms with van der Waals surface area (Å²) in [6.07, 6.45) is 2.20. The first-order chi connectivity index (χ1) is 48.0. The molecule has 12 aromatic carbocycles. The van der Waals surface area contributed by atoms with E-state index in [2.05, 4.69) is 358 Å². The lowest BCUT2D eigenvalue weighted by Crippen LogP contribution is -2.24. The zero-order valence-corrected chi connectivity index (χ0v) is 60.8. The highest BCUT2D eigenvalue weighted by atomic mass is 32.2. The average Bonchev–Trinajstić information content (AvgIpc) is 0.791. The van der Waals surface area contributed by atoms with Crippen LogP contribution in [0, 0.1) is 10.8 Å². The van der Waals surface area contributed by atoms with E-state index in [1.165, 1.54) is 33.4 Å². The Kier molecular flexibility index (Phi) is 18.9. The van der Waals surface area contributed by atoms with Gasteiger partial charge in [-0.2, -0.15) is 0 Å². The van der Waals surface area contributed by atoms with Crippen LogP contribution in [0.25, 0.3) is 77.9 Å². The predicted molar refractivity (Wildman–Crippen MR) is 421 cm³/mol. The lowest BCUT2D eigenvalue weighted by atomic mass is 9.72. The van der Waals surface area contributed by atoms with Gasteiger partial charge in [-0.25, -0.2) is 8.42 Å². The van der Waals surface area contributed by atoms with Gasteiger partial charge in [0.05, 0.1) is 24.7 Å². The van der Waals surface area contributed by atoms with Gasteiger partial charge >= 0.3 is 0 Å². The van der Waals surface area contributed by atoms with Gasteiger partial charge in [0.15, 0.2) is 22.2 Å². The van der Waals surface area contributed by atoms with Gasteiger partial charge in [0.25, 0.3) is 0 Å². The van der Waals surface area contributed by atoms with E-state index in [1.807, 2.05) is 0 Å². The lowest BCUT2D eigenvalue weighted by molar-refractivity contribution is 0.283. The normalized spacial score (nSPS) is 14.8. The summed E-state index contributed by atoms with van der Waals surface area (Å²) in [5, 5.41) is 0. The summed E-state index contributed by atoms with van der Waals surface area (Å²) in [5.41, 5.74) is 30.0. The molecule has 0 N–H and O–H groups in total. The fourth-order valence-corrected chi connectivity index (χ4v) is 17.0. The van der Waals surface area contributed by atoms with Crippen LogP contribution in [0.4, 0.5) is 34.1 Å². The van der Waals surface area contributed by atoms with Gasteiger partial charge < -0.3 is 9.80 Å². The molecule has 502 valence electrons. The molecule has 2 unspecified atom stereocenters. The van der Waals surface area contributed by atoms with Crippen molar-refractivity contribution in [2.45, 2.75) is 118 Å². The zero-order chi connectivity index (χ0) is 69.5. The minimum atomic E-state index is -1.26. The maximum Gasteiger partial charge on any atom is 0.160 e. The Morgan fingerprint density at radius 1 is 0.260 bits per heavy atom. The second-order valence-corrected chi connectivity index (χ2v) is 33.2. The molecule has 0 aliphatic carbocycles. The highest BCUT2D eigenvalue weighted by Gasteiger charge is 2.29. The van der Waals surface area contributed by atoms with Crippen LogP contribution in [0.15, 0.2) is 279 Å². The van der Waals surface area contributed by atoms with Crippen molar-refractivity contribution in [3.05, 3.63) is 312 Å². The van der Waals surface area contributed by atoms with E-state index < -0.39 is 22.2 Å². The van der Waals surface area contributed by atoms with Crippen LogP contribution in [-0.4, -0.2) is 8.42 Å². The summed E-state index contributed by atoms with van der Waals surface area (Å²) in [5.74, 6) is 0.869. The fraction of sp³-hybridized carbons (Fsp3) is 0.217.